The number of amides is 3. The second-order valence-corrected chi connectivity index (χ2v) is 6.74. The number of nitrogens with zero attached hydrogens (tertiary/aromatic N) is 1. The summed E-state index contributed by atoms with van der Waals surface area (Å²) in [5.41, 5.74) is 2.13. The largest absolute Gasteiger partial charge is 0.497 e. The minimum Gasteiger partial charge on any atom is -0.497 e. The molecule has 0 radical (unpaired) electrons. The summed E-state index contributed by atoms with van der Waals surface area (Å²) in [6, 6.07) is 17.3. The number of urea groups is 1. The molecule has 0 spiro atoms. The van der Waals surface area contributed by atoms with Crippen LogP contribution < -0.4 is 15.4 Å². The average Bonchev–Trinajstić information content (AvgIpc) is 3.10. The lowest BCUT2D eigenvalue weighted by Crippen LogP contribution is -2.41. The monoisotopic (exact) mass is 367 g/mol. The Morgan fingerprint density at radius 3 is 2.41 bits per heavy atom. The summed E-state index contributed by atoms with van der Waals surface area (Å²) in [4.78, 5) is 26.0. The molecule has 2 aromatic carbocycles. The molecule has 1 saturated heterocycles. The Bertz CT molecular complexity index is 777. The molecule has 0 bridgehead atoms. The molecular formula is C21H25N3O3. The van der Waals surface area contributed by atoms with Gasteiger partial charge in [-0.1, -0.05) is 42.5 Å². The number of hydrogen-bond acceptors (Lipinski definition) is 3. The number of carbonyl (C=O) groups excluding carboxylic acids is 2. The first-order valence-electron chi connectivity index (χ1n) is 9.04. The molecule has 142 valence electrons. The lowest BCUT2D eigenvalue weighted by molar-refractivity contribution is -0.119. The van der Waals surface area contributed by atoms with Gasteiger partial charge in [0.2, 0.25) is 5.91 Å². The van der Waals surface area contributed by atoms with Gasteiger partial charge in [0, 0.05) is 32.5 Å². The molecule has 0 saturated carbocycles. The maximum Gasteiger partial charge on any atom is 0.317 e. The maximum absolute atomic E-state index is 12.6. The van der Waals surface area contributed by atoms with Crippen molar-refractivity contribution < 1.29 is 14.3 Å². The Morgan fingerprint density at radius 2 is 1.78 bits per heavy atom. The van der Waals surface area contributed by atoms with Crippen molar-refractivity contribution in [2.24, 2.45) is 0 Å². The molecule has 1 heterocycles. The van der Waals surface area contributed by atoms with Gasteiger partial charge in [-0.25, -0.2) is 4.79 Å². The third-order valence-corrected chi connectivity index (χ3v) is 4.83. The summed E-state index contributed by atoms with van der Waals surface area (Å²) in [5.74, 6) is 0.734. The van der Waals surface area contributed by atoms with Crippen molar-refractivity contribution in [2.45, 2.75) is 25.4 Å². The fourth-order valence-corrected chi connectivity index (χ4v) is 3.45. The molecule has 2 atom stereocenters. The van der Waals surface area contributed by atoms with E-state index in [2.05, 4.69) is 10.6 Å². The van der Waals surface area contributed by atoms with Crippen molar-refractivity contribution in [3.8, 4) is 5.75 Å². The minimum absolute atomic E-state index is 0.0438. The van der Waals surface area contributed by atoms with Crippen LogP contribution in [-0.4, -0.2) is 43.1 Å². The van der Waals surface area contributed by atoms with E-state index in [0.717, 1.165) is 16.9 Å². The minimum atomic E-state index is -0.120. The number of methoxy groups -OCH3 is 1. The SMILES string of the molecule is COc1ccc(C2CN(C(=O)NCc3ccccc3)CC2NC(C)=O)cc1. The highest BCUT2D eigenvalue weighted by molar-refractivity contribution is 5.76. The first-order valence-corrected chi connectivity index (χ1v) is 9.04. The van der Waals surface area contributed by atoms with Crippen LogP contribution in [0.2, 0.25) is 0 Å². The second-order valence-electron chi connectivity index (χ2n) is 6.74. The van der Waals surface area contributed by atoms with Crippen LogP contribution in [0.25, 0.3) is 0 Å². The van der Waals surface area contributed by atoms with Crippen molar-refractivity contribution >= 4 is 11.9 Å². The predicted octanol–water partition coefficient (Wildman–Crippen LogP) is 2.51. The molecule has 6 nitrogen and oxygen atoms in total. The third kappa shape index (κ3) is 4.78. The standard InChI is InChI=1S/C21H25N3O3/c1-15(25)23-20-14-24(21(26)22-12-16-6-4-3-5-7-16)13-19(20)17-8-10-18(27-2)11-9-17/h3-11,19-20H,12-14H2,1-2H3,(H,22,26)(H,23,25). The van der Waals surface area contributed by atoms with E-state index in [0.29, 0.717) is 19.6 Å². The number of likely N-dealkylation sites (tertiary alicyclic amines) is 1. The number of ether oxygens (including phenoxy) is 1. The molecule has 2 aromatic rings. The smallest absolute Gasteiger partial charge is 0.317 e. The lowest BCUT2D eigenvalue weighted by Gasteiger charge is -2.19. The summed E-state index contributed by atoms with van der Waals surface area (Å²) in [7, 11) is 1.63. The number of benzene rings is 2. The Kier molecular flexibility index (Phi) is 5.96. The molecule has 3 amide bonds. The van der Waals surface area contributed by atoms with Crippen LogP contribution in [0.5, 0.6) is 5.75 Å². The van der Waals surface area contributed by atoms with Gasteiger partial charge >= 0.3 is 6.03 Å². The Labute approximate surface area is 159 Å². The quantitative estimate of drug-likeness (QED) is 0.853. The fraction of sp³-hybridized carbons (Fsp3) is 0.333. The number of nitrogens with one attached hydrogen (secondary N) is 2. The number of rotatable bonds is 5. The van der Waals surface area contributed by atoms with E-state index in [1.165, 1.54) is 6.92 Å². The Hall–Kier alpha value is -3.02. The summed E-state index contributed by atoms with van der Waals surface area (Å²) in [6.07, 6.45) is 0. The topological polar surface area (TPSA) is 70.7 Å². The zero-order chi connectivity index (χ0) is 19.2. The Balaban J connectivity index is 1.68. The molecular weight excluding hydrogens is 342 g/mol. The van der Waals surface area contributed by atoms with E-state index < -0.39 is 0 Å². The van der Waals surface area contributed by atoms with E-state index in [1.54, 1.807) is 12.0 Å². The highest BCUT2D eigenvalue weighted by Crippen LogP contribution is 2.29. The summed E-state index contributed by atoms with van der Waals surface area (Å²) >= 11 is 0. The highest BCUT2D eigenvalue weighted by atomic mass is 16.5. The molecule has 0 aliphatic carbocycles. The van der Waals surface area contributed by atoms with Gasteiger partial charge in [-0.05, 0) is 23.3 Å². The zero-order valence-electron chi connectivity index (χ0n) is 15.6. The van der Waals surface area contributed by atoms with Crippen LogP contribution in [0.1, 0.15) is 24.0 Å². The molecule has 3 rings (SSSR count). The first kappa shape index (κ1) is 18.8. The van der Waals surface area contributed by atoms with Gasteiger partial charge in [-0.3, -0.25) is 4.79 Å². The molecule has 1 aliphatic heterocycles. The molecule has 2 N–H and O–H groups in total. The van der Waals surface area contributed by atoms with Gasteiger partial charge in [-0.2, -0.15) is 0 Å². The van der Waals surface area contributed by atoms with E-state index in [-0.39, 0.29) is 23.9 Å². The van der Waals surface area contributed by atoms with Gasteiger partial charge in [0.1, 0.15) is 5.75 Å². The summed E-state index contributed by atoms with van der Waals surface area (Å²) < 4.78 is 5.21. The molecule has 0 aromatic heterocycles. The molecule has 1 aliphatic rings. The summed E-state index contributed by atoms with van der Waals surface area (Å²) in [6.45, 7) is 3.02. The van der Waals surface area contributed by atoms with E-state index in [4.69, 9.17) is 4.74 Å². The second kappa shape index (κ2) is 8.58. The fourth-order valence-electron chi connectivity index (χ4n) is 3.45. The van der Waals surface area contributed by atoms with E-state index in [1.807, 2.05) is 54.6 Å². The first-order chi connectivity index (χ1) is 13.1. The van der Waals surface area contributed by atoms with Crippen LogP contribution in [0, 0.1) is 0 Å². The van der Waals surface area contributed by atoms with Crippen LogP contribution in [0.4, 0.5) is 4.79 Å². The molecule has 1 fully saturated rings. The van der Waals surface area contributed by atoms with Crippen molar-refractivity contribution in [3.63, 3.8) is 0 Å². The van der Waals surface area contributed by atoms with Crippen molar-refractivity contribution in [2.75, 3.05) is 20.2 Å². The van der Waals surface area contributed by atoms with Gasteiger partial charge < -0.3 is 20.3 Å². The van der Waals surface area contributed by atoms with Crippen LogP contribution >= 0.6 is 0 Å². The van der Waals surface area contributed by atoms with Gasteiger partial charge in [0.15, 0.2) is 0 Å². The predicted molar refractivity (Wildman–Crippen MR) is 104 cm³/mol. The normalized spacial score (nSPS) is 18.8. The van der Waals surface area contributed by atoms with Gasteiger partial charge in [0.05, 0.1) is 13.2 Å². The molecule has 2 unspecified atom stereocenters. The number of hydrogen-bond donors (Lipinski definition) is 2. The molecule has 27 heavy (non-hydrogen) atoms. The summed E-state index contributed by atoms with van der Waals surface area (Å²) in [5, 5.41) is 5.95. The Morgan fingerprint density at radius 1 is 1.07 bits per heavy atom. The van der Waals surface area contributed by atoms with Gasteiger partial charge in [-0.15, -0.1) is 0 Å². The highest BCUT2D eigenvalue weighted by Gasteiger charge is 2.36. The van der Waals surface area contributed by atoms with Crippen LogP contribution in [-0.2, 0) is 11.3 Å². The van der Waals surface area contributed by atoms with E-state index in [9.17, 15) is 9.59 Å². The van der Waals surface area contributed by atoms with Crippen molar-refractivity contribution in [1.82, 2.24) is 15.5 Å². The van der Waals surface area contributed by atoms with Crippen molar-refractivity contribution in [1.29, 1.82) is 0 Å². The van der Waals surface area contributed by atoms with E-state index >= 15 is 0 Å². The average molecular weight is 367 g/mol. The number of carbonyl (C=O) groups is 2. The van der Waals surface area contributed by atoms with Crippen LogP contribution in [0.15, 0.2) is 54.6 Å². The maximum atomic E-state index is 12.6. The lowest BCUT2D eigenvalue weighted by atomic mass is 9.94. The third-order valence-electron chi connectivity index (χ3n) is 4.83. The molecule has 6 heteroatoms. The van der Waals surface area contributed by atoms with Gasteiger partial charge in [0.25, 0.3) is 0 Å². The zero-order valence-corrected chi connectivity index (χ0v) is 15.6. The van der Waals surface area contributed by atoms with Crippen LogP contribution in [0.3, 0.4) is 0 Å². The van der Waals surface area contributed by atoms with Crippen molar-refractivity contribution in [3.05, 3.63) is 65.7 Å².